The quantitative estimate of drug-likeness (QED) is 0.789. The average molecular weight is 241 g/mol. The van der Waals surface area contributed by atoms with Crippen LogP contribution in [0.25, 0.3) is 10.2 Å². The van der Waals surface area contributed by atoms with Crippen LogP contribution in [0.5, 0.6) is 5.75 Å². The smallest absolute Gasteiger partial charge is 0.159 e. The van der Waals surface area contributed by atoms with Crippen molar-refractivity contribution in [3.05, 3.63) is 22.2 Å². The summed E-state index contributed by atoms with van der Waals surface area (Å²) in [7, 11) is 0. The molecule has 0 fully saturated rings. The van der Waals surface area contributed by atoms with Crippen LogP contribution >= 0.6 is 23.6 Å². The number of nitrogens with one attached hydrogen (secondary N) is 1. The zero-order valence-electron chi connectivity index (χ0n) is 9.16. The summed E-state index contributed by atoms with van der Waals surface area (Å²) in [6, 6.07) is 5.95. The molecular formula is C11H15NOS2. The van der Waals surface area contributed by atoms with Crippen molar-refractivity contribution in [3.8, 4) is 5.75 Å². The molecule has 0 saturated heterocycles. The summed E-state index contributed by atoms with van der Waals surface area (Å²) in [5, 5.41) is 0. The molecule has 4 heteroatoms. The third kappa shape index (κ3) is 3.04. The maximum absolute atomic E-state index is 5.38. The molecule has 0 bridgehead atoms. The van der Waals surface area contributed by atoms with E-state index in [9.17, 15) is 0 Å². The van der Waals surface area contributed by atoms with E-state index in [2.05, 4.69) is 4.98 Å². The lowest BCUT2D eigenvalue weighted by Gasteiger charge is -2.00. The van der Waals surface area contributed by atoms with Crippen LogP contribution in [0.3, 0.4) is 0 Å². The Labute approximate surface area is 98.9 Å². The van der Waals surface area contributed by atoms with Crippen molar-refractivity contribution in [1.82, 2.24) is 4.98 Å². The van der Waals surface area contributed by atoms with Gasteiger partial charge in [0.2, 0.25) is 0 Å². The Balaban J connectivity index is 0.000000531. The molecule has 0 unspecified atom stereocenters. The van der Waals surface area contributed by atoms with Crippen molar-refractivity contribution >= 4 is 33.8 Å². The van der Waals surface area contributed by atoms with Crippen LogP contribution in [-0.4, -0.2) is 11.6 Å². The molecule has 0 spiro atoms. The Morgan fingerprint density at radius 1 is 1.40 bits per heavy atom. The molecule has 2 rings (SSSR count). The number of aromatic nitrogens is 1. The van der Waals surface area contributed by atoms with Gasteiger partial charge in [0.1, 0.15) is 5.75 Å². The summed E-state index contributed by atoms with van der Waals surface area (Å²) in [4.78, 5) is 3.11. The number of rotatable bonds is 2. The van der Waals surface area contributed by atoms with Crippen LogP contribution in [0.15, 0.2) is 18.2 Å². The first kappa shape index (κ1) is 12.2. The molecule has 0 aliphatic heterocycles. The summed E-state index contributed by atoms with van der Waals surface area (Å²) in [5.41, 5.74) is 1.08. The molecule has 1 heterocycles. The number of fused-ring (bicyclic) bond motifs is 1. The van der Waals surface area contributed by atoms with Crippen LogP contribution in [-0.2, 0) is 0 Å². The minimum atomic E-state index is 0.696. The van der Waals surface area contributed by atoms with Crippen molar-refractivity contribution in [1.29, 1.82) is 0 Å². The van der Waals surface area contributed by atoms with E-state index in [1.807, 2.05) is 39.0 Å². The highest BCUT2D eigenvalue weighted by molar-refractivity contribution is 7.73. The van der Waals surface area contributed by atoms with E-state index in [0.717, 1.165) is 19.9 Å². The zero-order chi connectivity index (χ0) is 11.3. The predicted molar refractivity (Wildman–Crippen MR) is 69.5 cm³/mol. The van der Waals surface area contributed by atoms with Crippen molar-refractivity contribution < 1.29 is 4.74 Å². The topological polar surface area (TPSA) is 25.0 Å². The van der Waals surface area contributed by atoms with E-state index in [1.165, 1.54) is 0 Å². The Kier molecular flexibility index (Phi) is 4.78. The number of H-pyrrole nitrogens is 1. The van der Waals surface area contributed by atoms with Crippen LogP contribution in [0.4, 0.5) is 0 Å². The number of thiazole rings is 1. The molecule has 2 nitrogen and oxygen atoms in total. The molecule has 0 aliphatic carbocycles. The second-order valence-corrected chi connectivity index (χ2v) is 4.32. The standard InChI is InChI=1S/C9H9NOS2.C2H6/c1-2-11-6-3-4-7-8(5-6)13-9(12)10-7;1-2/h3-5H,2H2,1H3,(H,10,12);1-2H3. The first-order chi connectivity index (χ1) is 7.29. The van der Waals surface area contributed by atoms with Crippen molar-refractivity contribution in [2.24, 2.45) is 0 Å². The zero-order valence-corrected chi connectivity index (χ0v) is 10.8. The van der Waals surface area contributed by atoms with Crippen LogP contribution < -0.4 is 4.74 Å². The number of aromatic amines is 1. The summed E-state index contributed by atoms with van der Waals surface area (Å²) in [6.45, 7) is 6.67. The molecule has 0 atom stereocenters. The van der Waals surface area contributed by atoms with Crippen molar-refractivity contribution in [2.75, 3.05) is 6.61 Å². The van der Waals surface area contributed by atoms with E-state index >= 15 is 0 Å². The van der Waals surface area contributed by atoms with Gasteiger partial charge in [0.15, 0.2) is 3.95 Å². The van der Waals surface area contributed by atoms with Crippen LogP contribution in [0.2, 0.25) is 0 Å². The maximum atomic E-state index is 5.38. The molecule has 1 aromatic carbocycles. The van der Waals surface area contributed by atoms with Gasteiger partial charge in [0.25, 0.3) is 0 Å². The molecular weight excluding hydrogens is 226 g/mol. The number of hydrogen-bond acceptors (Lipinski definition) is 3. The molecule has 2 aromatic rings. The van der Waals surface area contributed by atoms with Gasteiger partial charge in [-0.1, -0.05) is 13.8 Å². The molecule has 15 heavy (non-hydrogen) atoms. The second kappa shape index (κ2) is 5.88. The third-order valence-corrected chi connectivity index (χ3v) is 2.90. The number of benzene rings is 1. The number of ether oxygens (including phenoxy) is 1. The van der Waals surface area contributed by atoms with Crippen molar-refractivity contribution in [2.45, 2.75) is 20.8 Å². The lowest BCUT2D eigenvalue weighted by molar-refractivity contribution is 0.341. The Morgan fingerprint density at radius 2 is 2.13 bits per heavy atom. The lowest BCUT2D eigenvalue weighted by Crippen LogP contribution is -1.89. The summed E-state index contributed by atoms with van der Waals surface area (Å²) < 4.78 is 7.34. The lowest BCUT2D eigenvalue weighted by atomic mass is 10.3. The van der Waals surface area contributed by atoms with Gasteiger partial charge >= 0.3 is 0 Å². The molecule has 0 radical (unpaired) electrons. The minimum absolute atomic E-state index is 0.696. The first-order valence-electron chi connectivity index (χ1n) is 5.05. The molecule has 0 saturated carbocycles. The molecule has 0 amide bonds. The van der Waals surface area contributed by atoms with E-state index in [0.29, 0.717) is 6.61 Å². The predicted octanol–water partition coefficient (Wildman–Crippen LogP) is 4.38. The molecule has 0 aliphatic rings. The maximum Gasteiger partial charge on any atom is 0.159 e. The SMILES string of the molecule is CC.CCOc1ccc2[nH]c(=S)sc2c1. The van der Waals surface area contributed by atoms with Gasteiger partial charge < -0.3 is 9.72 Å². The van der Waals surface area contributed by atoms with Gasteiger partial charge in [0, 0.05) is 0 Å². The van der Waals surface area contributed by atoms with Gasteiger partial charge in [-0.3, -0.25) is 0 Å². The highest BCUT2D eigenvalue weighted by Crippen LogP contribution is 2.24. The van der Waals surface area contributed by atoms with E-state index in [4.69, 9.17) is 17.0 Å². The highest BCUT2D eigenvalue weighted by atomic mass is 32.1. The minimum Gasteiger partial charge on any atom is -0.494 e. The Bertz CT molecular complexity index is 473. The van der Waals surface area contributed by atoms with Crippen LogP contribution in [0.1, 0.15) is 20.8 Å². The van der Waals surface area contributed by atoms with Crippen molar-refractivity contribution in [3.63, 3.8) is 0 Å². The largest absolute Gasteiger partial charge is 0.494 e. The molecule has 82 valence electrons. The molecule has 1 aromatic heterocycles. The number of hydrogen-bond donors (Lipinski definition) is 1. The van der Waals surface area contributed by atoms with Gasteiger partial charge in [-0.05, 0) is 37.3 Å². The van der Waals surface area contributed by atoms with Gasteiger partial charge in [-0.25, -0.2) is 0 Å². The first-order valence-corrected chi connectivity index (χ1v) is 6.28. The summed E-state index contributed by atoms with van der Waals surface area (Å²) >= 11 is 6.61. The summed E-state index contributed by atoms with van der Waals surface area (Å²) in [5.74, 6) is 0.903. The molecule has 1 N–H and O–H groups in total. The highest BCUT2D eigenvalue weighted by Gasteiger charge is 1.98. The summed E-state index contributed by atoms with van der Waals surface area (Å²) in [6.07, 6.45) is 0. The fraction of sp³-hybridized carbons (Fsp3) is 0.364. The van der Waals surface area contributed by atoms with E-state index < -0.39 is 0 Å². The third-order valence-electron chi connectivity index (χ3n) is 1.70. The monoisotopic (exact) mass is 241 g/mol. The average Bonchev–Trinajstić information content (AvgIpc) is 2.61. The normalized spacial score (nSPS) is 9.53. The van der Waals surface area contributed by atoms with Crippen LogP contribution in [0, 0.1) is 3.95 Å². The Hall–Kier alpha value is -0.870. The van der Waals surface area contributed by atoms with Gasteiger partial charge in [-0.2, -0.15) is 0 Å². The fourth-order valence-corrected chi connectivity index (χ4v) is 2.33. The van der Waals surface area contributed by atoms with Gasteiger partial charge in [0.05, 0.1) is 16.8 Å². The Morgan fingerprint density at radius 3 is 2.80 bits per heavy atom. The van der Waals surface area contributed by atoms with E-state index in [1.54, 1.807) is 11.3 Å². The fourth-order valence-electron chi connectivity index (χ4n) is 1.18. The van der Waals surface area contributed by atoms with Gasteiger partial charge in [-0.15, -0.1) is 11.3 Å². The second-order valence-electron chi connectivity index (χ2n) is 2.61. The van der Waals surface area contributed by atoms with E-state index in [-0.39, 0.29) is 0 Å².